The average molecular weight is 445 g/mol. The number of fused-ring (bicyclic) bond motifs is 1. The van der Waals surface area contributed by atoms with Gasteiger partial charge in [0, 0.05) is 24.9 Å². The van der Waals surface area contributed by atoms with E-state index >= 15 is 0 Å². The summed E-state index contributed by atoms with van der Waals surface area (Å²) in [5.41, 5.74) is 1.77. The van der Waals surface area contributed by atoms with Crippen LogP contribution < -0.4 is 5.32 Å². The topological polar surface area (TPSA) is 49.4 Å². The number of benzene rings is 3. The highest BCUT2D eigenvalue weighted by atomic mass is 19.1. The van der Waals surface area contributed by atoms with Gasteiger partial charge in [-0.25, -0.2) is 4.39 Å². The molecule has 0 saturated carbocycles. The van der Waals surface area contributed by atoms with Crippen LogP contribution in [0.25, 0.3) is 10.8 Å². The van der Waals surface area contributed by atoms with Crippen LogP contribution >= 0.6 is 0 Å². The molecule has 2 atom stereocenters. The van der Waals surface area contributed by atoms with Gasteiger partial charge in [-0.05, 0) is 66.1 Å². The van der Waals surface area contributed by atoms with E-state index in [9.17, 15) is 14.0 Å². The van der Waals surface area contributed by atoms with Crippen LogP contribution in [0.3, 0.4) is 0 Å². The van der Waals surface area contributed by atoms with Crippen LogP contribution in [0, 0.1) is 5.82 Å². The zero-order chi connectivity index (χ0) is 22.8. The quantitative estimate of drug-likeness (QED) is 0.560. The number of nitrogens with one attached hydrogen (secondary N) is 1. The summed E-state index contributed by atoms with van der Waals surface area (Å²) in [6, 6.07) is 21.2. The lowest BCUT2D eigenvalue weighted by atomic mass is 9.84. The normalized spacial score (nSPS) is 22.6. The van der Waals surface area contributed by atoms with E-state index in [0.717, 1.165) is 37.8 Å². The van der Waals surface area contributed by atoms with Gasteiger partial charge in [0.1, 0.15) is 5.82 Å². The van der Waals surface area contributed by atoms with Crippen molar-refractivity contribution in [3.63, 3.8) is 0 Å². The Balaban J connectivity index is 1.30. The van der Waals surface area contributed by atoms with Crippen molar-refractivity contribution in [3.05, 3.63) is 83.7 Å². The minimum atomic E-state index is -0.389. The second-order valence-electron chi connectivity index (χ2n) is 9.48. The SMILES string of the molecule is O=C1CC[C@](CCC(=O)N2CCC[C@H]2c2ccc(F)cc2)(Cc2ccc3ccccc3c2)N1. The Hall–Kier alpha value is -3.21. The van der Waals surface area contributed by atoms with Crippen LogP contribution in [0.15, 0.2) is 66.7 Å². The maximum absolute atomic E-state index is 13.3. The Labute approximate surface area is 193 Å². The van der Waals surface area contributed by atoms with Crippen LogP contribution in [0.2, 0.25) is 0 Å². The zero-order valence-electron chi connectivity index (χ0n) is 18.7. The van der Waals surface area contributed by atoms with Crippen LogP contribution in [0.5, 0.6) is 0 Å². The fourth-order valence-corrected chi connectivity index (χ4v) is 5.51. The molecule has 0 unspecified atom stereocenters. The van der Waals surface area contributed by atoms with Gasteiger partial charge < -0.3 is 10.2 Å². The van der Waals surface area contributed by atoms with E-state index in [1.54, 1.807) is 12.1 Å². The predicted octanol–water partition coefficient (Wildman–Crippen LogP) is 5.31. The number of nitrogens with zero attached hydrogens (tertiary/aromatic N) is 1. The summed E-state index contributed by atoms with van der Waals surface area (Å²) in [5, 5.41) is 5.59. The summed E-state index contributed by atoms with van der Waals surface area (Å²) < 4.78 is 13.3. The Morgan fingerprint density at radius 2 is 1.85 bits per heavy atom. The molecular weight excluding hydrogens is 415 g/mol. The van der Waals surface area contributed by atoms with Gasteiger partial charge in [0.05, 0.1) is 6.04 Å². The van der Waals surface area contributed by atoms with Crippen LogP contribution in [-0.2, 0) is 16.0 Å². The van der Waals surface area contributed by atoms with Crippen LogP contribution in [0.4, 0.5) is 4.39 Å². The number of amides is 2. The van der Waals surface area contributed by atoms with E-state index in [1.807, 2.05) is 17.0 Å². The third-order valence-corrected chi connectivity index (χ3v) is 7.24. The first-order valence-electron chi connectivity index (χ1n) is 11.9. The molecule has 2 saturated heterocycles. The van der Waals surface area contributed by atoms with Gasteiger partial charge in [-0.2, -0.15) is 0 Å². The molecule has 2 aliphatic heterocycles. The Bertz CT molecular complexity index is 1180. The molecule has 2 amide bonds. The van der Waals surface area contributed by atoms with E-state index in [0.29, 0.717) is 19.3 Å². The first kappa shape index (κ1) is 21.6. The van der Waals surface area contributed by atoms with Crippen LogP contribution in [0.1, 0.15) is 55.7 Å². The third kappa shape index (κ3) is 4.63. The standard InChI is InChI=1S/C28H29FN2O2/c29-24-11-9-22(10-12-24)25-6-3-17-31(25)27(33)14-16-28(15-13-26(32)30-28)19-20-7-8-21-4-1-2-5-23(21)18-20/h1-2,4-5,7-12,18,25H,3,6,13-17,19H2,(H,30,32)/t25-,28-/m0/s1. The molecule has 33 heavy (non-hydrogen) atoms. The maximum atomic E-state index is 13.3. The molecule has 3 aromatic carbocycles. The summed E-state index contributed by atoms with van der Waals surface area (Å²) in [6.07, 6.45) is 4.83. The average Bonchev–Trinajstić information content (AvgIpc) is 3.45. The van der Waals surface area contributed by atoms with Gasteiger partial charge in [0.15, 0.2) is 0 Å². The minimum Gasteiger partial charge on any atom is -0.350 e. The molecule has 5 heteroatoms. The predicted molar refractivity (Wildman–Crippen MR) is 127 cm³/mol. The number of carbonyl (C=O) groups excluding carboxylic acids is 2. The smallest absolute Gasteiger partial charge is 0.223 e. The highest BCUT2D eigenvalue weighted by Crippen LogP contribution is 2.35. The van der Waals surface area contributed by atoms with E-state index < -0.39 is 0 Å². The fourth-order valence-electron chi connectivity index (χ4n) is 5.51. The summed E-state index contributed by atoms with van der Waals surface area (Å²) in [4.78, 5) is 27.4. The largest absolute Gasteiger partial charge is 0.350 e. The number of carbonyl (C=O) groups is 2. The van der Waals surface area contributed by atoms with Crippen molar-refractivity contribution in [2.24, 2.45) is 0 Å². The monoisotopic (exact) mass is 444 g/mol. The molecule has 0 aromatic heterocycles. The number of hydrogen-bond acceptors (Lipinski definition) is 2. The van der Waals surface area contributed by atoms with Gasteiger partial charge >= 0.3 is 0 Å². The molecule has 2 aliphatic rings. The molecule has 3 aromatic rings. The van der Waals surface area contributed by atoms with E-state index in [4.69, 9.17) is 0 Å². The van der Waals surface area contributed by atoms with Gasteiger partial charge in [0.2, 0.25) is 11.8 Å². The first-order valence-corrected chi connectivity index (χ1v) is 11.9. The van der Waals surface area contributed by atoms with Gasteiger partial charge in [-0.15, -0.1) is 0 Å². The second kappa shape index (κ2) is 8.97. The van der Waals surface area contributed by atoms with E-state index in [2.05, 4.69) is 35.6 Å². The lowest BCUT2D eigenvalue weighted by molar-refractivity contribution is -0.132. The van der Waals surface area contributed by atoms with Crippen molar-refractivity contribution in [2.45, 2.75) is 56.5 Å². The molecule has 2 heterocycles. The lowest BCUT2D eigenvalue weighted by Gasteiger charge is -2.31. The Kier molecular flexibility index (Phi) is 5.88. The van der Waals surface area contributed by atoms with Crippen molar-refractivity contribution in [1.29, 1.82) is 0 Å². The summed E-state index contributed by atoms with van der Waals surface area (Å²) in [6.45, 7) is 0.727. The molecule has 5 rings (SSSR count). The molecule has 0 radical (unpaired) electrons. The number of halogens is 1. The summed E-state index contributed by atoms with van der Waals surface area (Å²) in [7, 11) is 0. The molecule has 0 spiro atoms. The molecule has 4 nitrogen and oxygen atoms in total. The molecule has 2 fully saturated rings. The Morgan fingerprint density at radius 1 is 1.06 bits per heavy atom. The lowest BCUT2D eigenvalue weighted by Crippen LogP contribution is -2.44. The fraction of sp³-hybridized carbons (Fsp3) is 0.357. The maximum Gasteiger partial charge on any atom is 0.223 e. The van der Waals surface area contributed by atoms with Gasteiger partial charge in [-0.1, -0.05) is 54.6 Å². The van der Waals surface area contributed by atoms with Crippen molar-refractivity contribution in [2.75, 3.05) is 6.54 Å². The first-order chi connectivity index (χ1) is 16.0. The molecule has 170 valence electrons. The highest BCUT2D eigenvalue weighted by Gasteiger charge is 2.39. The molecule has 1 N–H and O–H groups in total. The summed E-state index contributed by atoms with van der Waals surface area (Å²) >= 11 is 0. The van der Waals surface area contributed by atoms with Gasteiger partial charge in [-0.3, -0.25) is 9.59 Å². The molecular formula is C28H29FN2O2. The van der Waals surface area contributed by atoms with Crippen molar-refractivity contribution in [3.8, 4) is 0 Å². The second-order valence-corrected chi connectivity index (χ2v) is 9.48. The number of hydrogen-bond donors (Lipinski definition) is 1. The van der Waals surface area contributed by atoms with Crippen molar-refractivity contribution in [1.82, 2.24) is 10.2 Å². The zero-order valence-corrected chi connectivity index (χ0v) is 18.7. The van der Waals surface area contributed by atoms with Gasteiger partial charge in [0.25, 0.3) is 0 Å². The Morgan fingerprint density at radius 3 is 2.61 bits per heavy atom. The summed E-state index contributed by atoms with van der Waals surface area (Å²) in [5.74, 6) is -0.0864. The molecule has 0 bridgehead atoms. The van der Waals surface area contributed by atoms with Crippen molar-refractivity contribution < 1.29 is 14.0 Å². The minimum absolute atomic E-state index is 0.00714. The highest BCUT2D eigenvalue weighted by molar-refractivity contribution is 5.83. The van der Waals surface area contributed by atoms with E-state index in [-0.39, 0.29) is 29.2 Å². The number of rotatable bonds is 6. The van der Waals surface area contributed by atoms with E-state index in [1.165, 1.54) is 28.5 Å². The third-order valence-electron chi connectivity index (χ3n) is 7.24. The molecule has 0 aliphatic carbocycles. The van der Waals surface area contributed by atoms with Crippen molar-refractivity contribution >= 4 is 22.6 Å². The van der Waals surface area contributed by atoms with Crippen LogP contribution in [-0.4, -0.2) is 28.8 Å². The number of likely N-dealkylation sites (tertiary alicyclic amines) is 1.